The molecule has 0 saturated carbocycles. The number of hydrogen-bond donors (Lipinski definition) is 2. The Morgan fingerprint density at radius 1 is 1.48 bits per heavy atom. The van der Waals surface area contributed by atoms with Gasteiger partial charge >= 0.3 is 5.97 Å². The number of carbonyl (C=O) groups is 1. The van der Waals surface area contributed by atoms with Crippen LogP contribution in [0, 0.1) is 0 Å². The van der Waals surface area contributed by atoms with Gasteiger partial charge in [-0.05, 0) is 38.0 Å². The molecule has 0 bridgehead atoms. The summed E-state index contributed by atoms with van der Waals surface area (Å²) in [4.78, 5) is 10.8. The standard InChI is InChI=1S/C13H16ClNO5S/c1-13(5-2-6-20-8-13)15-21(18,19)9-3-4-10(12(16)17)11(14)7-9/h3-4,7,15H,2,5-6,8H2,1H3,(H,16,17). The van der Waals surface area contributed by atoms with Gasteiger partial charge < -0.3 is 9.84 Å². The van der Waals surface area contributed by atoms with E-state index in [1.807, 2.05) is 0 Å². The highest BCUT2D eigenvalue weighted by Gasteiger charge is 2.33. The lowest BCUT2D eigenvalue weighted by molar-refractivity contribution is 0.0386. The minimum atomic E-state index is -3.79. The fourth-order valence-electron chi connectivity index (χ4n) is 2.23. The smallest absolute Gasteiger partial charge is 0.337 e. The second-order valence-electron chi connectivity index (χ2n) is 5.27. The van der Waals surface area contributed by atoms with Gasteiger partial charge in [0.05, 0.1) is 27.6 Å². The molecule has 1 aromatic rings. The van der Waals surface area contributed by atoms with Crippen LogP contribution < -0.4 is 4.72 Å². The molecule has 1 heterocycles. The molecule has 0 aromatic heterocycles. The van der Waals surface area contributed by atoms with Crippen molar-refractivity contribution in [3.8, 4) is 0 Å². The van der Waals surface area contributed by atoms with Crippen molar-refractivity contribution in [2.24, 2.45) is 0 Å². The summed E-state index contributed by atoms with van der Waals surface area (Å²) in [5.41, 5.74) is -0.808. The fraction of sp³-hybridized carbons (Fsp3) is 0.462. The predicted octanol–water partition coefficient (Wildman–Crippen LogP) is 1.89. The lowest BCUT2D eigenvalue weighted by Gasteiger charge is -2.33. The first-order valence-electron chi connectivity index (χ1n) is 6.38. The Balaban J connectivity index is 2.27. The van der Waals surface area contributed by atoms with E-state index in [9.17, 15) is 13.2 Å². The molecule has 1 unspecified atom stereocenters. The summed E-state index contributed by atoms with van der Waals surface area (Å²) in [5, 5.41) is 8.78. The third-order valence-corrected chi connectivity index (χ3v) is 5.25. The third kappa shape index (κ3) is 3.74. The number of hydrogen-bond acceptors (Lipinski definition) is 4. The molecule has 1 aliphatic rings. The van der Waals surface area contributed by atoms with Crippen LogP contribution in [0.2, 0.25) is 5.02 Å². The van der Waals surface area contributed by atoms with Crippen LogP contribution in [0.1, 0.15) is 30.1 Å². The van der Waals surface area contributed by atoms with E-state index in [-0.39, 0.29) is 15.5 Å². The topological polar surface area (TPSA) is 92.7 Å². The number of carboxylic acids is 1. The normalized spacial score (nSPS) is 23.0. The SMILES string of the molecule is CC1(NS(=O)(=O)c2ccc(C(=O)O)c(Cl)c2)CCCOC1. The van der Waals surface area contributed by atoms with E-state index in [1.54, 1.807) is 6.92 Å². The highest BCUT2D eigenvalue weighted by atomic mass is 35.5. The number of aromatic carboxylic acids is 1. The van der Waals surface area contributed by atoms with E-state index in [4.69, 9.17) is 21.4 Å². The Morgan fingerprint density at radius 3 is 2.71 bits per heavy atom. The maximum absolute atomic E-state index is 12.4. The van der Waals surface area contributed by atoms with Crippen molar-refractivity contribution in [2.75, 3.05) is 13.2 Å². The zero-order valence-corrected chi connectivity index (χ0v) is 13.0. The zero-order valence-electron chi connectivity index (χ0n) is 11.4. The molecular weight excluding hydrogens is 318 g/mol. The summed E-state index contributed by atoms with van der Waals surface area (Å²) >= 11 is 5.81. The maximum Gasteiger partial charge on any atom is 0.337 e. The van der Waals surface area contributed by atoms with Crippen molar-refractivity contribution < 1.29 is 23.1 Å². The second-order valence-corrected chi connectivity index (χ2v) is 7.36. The van der Waals surface area contributed by atoms with Crippen molar-refractivity contribution in [1.82, 2.24) is 4.72 Å². The van der Waals surface area contributed by atoms with E-state index in [1.165, 1.54) is 12.1 Å². The number of benzene rings is 1. The zero-order chi connectivity index (χ0) is 15.7. The Bertz CT molecular complexity index is 653. The lowest BCUT2D eigenvalue weighted by atomic mass is 9.97. The van der Waals surface area contributed by atoms with Gasteiger partial charge in [0.25, 0.3) is 0 Å². The Labute approximate surface area is 128 Å². The molecule has 2 rings (SSSR count). The van der Waals surface area contributed by atoms with Crippen LogP contribution in [0.3, 0.4) is 0 Å². The molecule has 1 aromatic carbocycles. The van der Waals surface area contributed by atoms with Crippen LogP contribution in [-0.2, 0) is 14.8 Å². The summed E-state index contributed by atoms with van der Waals surface area (Å²) in [6.45, 7) is 2.70. The highest BCUT2D eigenvalue weighted by Crippen LogP contribution is 2.24. The first-order valence-corrected chi connectivity index (χ1v) is 8.24. The van der Waals surface area contributed by atoms with E-state index in [2.05, 4.69) is 4.72 Å². The van der Waals surface area contributed by atoms with Gasteiger partial charge in [0, 0.05) is 6.61 Å². The molecule has 2 N–H and O–H groups in total. The quantitative estimate of drug-likeness (QED) is 0.877. The van der Waals surface area contributed by atoms with Crippen molar-refractivity contribution in [1.29, 1.82) is 0 Å². The molecule has 0 amide bonds. The Morgan fingerprint density at radius 2 is 2.19 bits per heavy atom. The minimum absolute atomic E-state index is 0.0655. The molecule has 1 saturated heterocycles. The number of rotatable bonds is 4. The Hall–Kier alpha value is -1.15. The van der Waals surface area contributed by atoms with E-state index >= 15 is 0 Å². The first kappa shape index (κ1) is 16.2. The number of ether oxygens (including phenoxy) is 1. The highest BCUT2D eigenvalue weighted by molar-refractivity contribution is 7.89. The molecular formula is C13H16ClNO5S. The largest absolute Gasteiger partial charge is 0.478 e. The van der Waals surface area contributed by atoms with Gasteiger partial charge in [-0.3, -0.25) is 0 Å². The van der Waals surface area contributed by atoms with E-state index in [0.717, 1.165) is 12.5 Å². The summed E-state index contributed by atoms with van der Waals surface area (Å²) in [6, 6.07) is 3.55. The van der Waals surface area contributed by atoms with Gasteiger partial charge in [0.1, 0.15) is 0 Å². The lowest BCUT2D eigenvalue weighted by Crippen LogP contribution is -2.51. The van der Waals surface area contributed by atoms with E-state index in [0.29, 0.717) is 19.6 Å². The number of halogens is 1. The molecule has 0 spiro atoms. The molecule has 21 heavy (non-hydrogen) atoms. The maximum atomic E-state index is 12.4. The van der Waals surface area contributed by atoms with Gasteiger partial charge in [-0.15, -0.1) is 0 Å². The predicted molar refractivity (Wildman–Crippen MR) is 77.2 cm³/mol. The molecule has 8 heteroatoms. The number of sulfonamides is 1. The van der Waals surface area contributed by atoms with Crippen LogP contribution in [0.4, 0.5) is 0 Å². The van der Waals surface area contributed by atoms with Crippen molar-refractivity contribution in [2.45, 2.75) is 30.2 Å². The third-order valence-electron chi connectivity index (χ3n) is 3.30. The van der Waals surface area contributed by atoms with Crippen LogP contribution in [0.15, 0.2) is 23.1 Å². The summed E-state index contributed by atoms with van der Waals surface area (Å²) < 4.78 is 32.6. The summed E-state index contributed by atoms with van der Waals surface area (Å²) in [7, 11) is -3.79. The van der Waals surface area contributed by atoms with E-state index < -0.39 is 21.5 Å². The molecule has 1 atom stereocenters. The molecule has 1 fully saturated rings. The molecule has 0 radical (unpaired) electrons. The summed E-state index contributed by atoms with van der Waals surface area (Å²) in [5.74, 6) is -1.20. The molecule has 0 aliphatic carbocycles. The van der Waals surface area contributed by atoms with Gasteiger partial charge in [0.15, 0.2) is 0 Å². The number of nitrogens with one attached hydrogen (secondary N) is 1. The van der Waals surface area contributed by atoms with Crippen LogP contribution in [-0.4, -0.2) is 38.2 Å². The average Bonchev–Trinajstić information content (AvgIpc) is 2.37. The fourth-order valence-corrected chi connectivity index (χ4v) is 4.01. The molecule has 116 valence electrons. The van der Waals surface area contributed by atoms with Crippen LogP contribution in [0.25, 0.3) is 0 Å². The van der Waals surface area contributed by atoms with Crippen molar-refractivity contribution in [3.63, 3.8) is 0 Å². The Kier molecular flexibility index (Phi) is 4.57. The minimum Gasteiger partial charge on any atom is -0.478 e. The van der Waals surface area contributed by atoms with Gasteiger partial charge in [-0.2, -0.15) is 0 Å². The van der Waals surface area contributed by atoms with Crippen LogP contribution >= 0.6 is 11.6 Å². The number of carboxylic acid groups (broad SMARTS) is 1. The van der Waals surface area contributed by atoms with Gasteiger partial charge in [0.2, 0.25) is 10.0 Å². The monoisotopic (exact) mass is 333 g/mol. The van der Waals surface area contributed by atoms with Crippen molar-refractivity contribution >= 4 is 27.6 Å². The summed E-state index contributed by atoms with van der Waals surface area (Å²) in [6.07, 6.45) is 1.45. The second kappa shape index (κ2) is 5.92. The van der Waals surface area contributed by atoms with Gasteiger partial charge in [-0.25, -0.2) is 17.9 Å². The molecule has 6 nitrogen and oxygen atoms in total. The van der Waals surface area contributed by atoms with Crippen LogP contribution in [0.5, 0.6) is 0 Å². The molecule has 1 aliphatic heterocycles. The van der Waals surface area contributed by atoms with Gasteiger partial charge in [-0.1, -0.05) is 11.6 Å². The first-order chi connectivity index (χ1) is 9.73. The average molecular weight is 334 g/mol. The van der Waals surface area contributed by atoms with Crippen molar-refractivity contribution in [3.05, 3.63) is 28.8 Å².